The third-order valence-electron chi connectivity index (χ3n) is 3.39. The lowest BCUT2D eigenvalue weighted by Crippen LogP contribution is -2.46. The lowest BCUT2D eigenvalue weighted by atomic mass is 10.1. The normalized spacial score (nSPS) is 17.2. The highest BCUT2D eigenvalue weighted by Crippen LogP contribution is 2.36. The van der Waals surface area contributed by atoms with Crippen molar-refractivity contribution < 1.29 is 9.53 Å². The molecule has 114 valence electrons. The first-order chi connectivity index (χ1) is 10.6. The van der Waals surface area contributed by atoms with E-state index in [0.29, 0.717) is 17.0 Å². The Hall–Kier alpha value is -2.14. The second-order valence-corrected chi connectivity index (χ2v) is 5.86. The van der Waals surface area contributed by atoms with Gasteiger partial charge in [-0.25, -0.2) is 0 Å². The molecular formula is C17H18N2O2S. The molecular weight excluding hydrogens is 296 g/mol. The fourth-order valence-corrected chi connectivity index (χ4v) is 2.86. The van der Waals surface area contributed by atoms with E-state index < -0.39 is 5.50 Å². The Kier molecular flexibility index (Phi) is 3.98. The number of amides is 1. The standard InChI is InChI=1S/C17H18N2O2S/c1-11(2)21-15-10-6-5-9-14(15)19-16(20)12-7-3-4-8-13(12)18-17(19)22/h3-11,17-18,22H,1-2H3. The number of nitrogens with zero attached hydrogens (tertiary/aromatic N) is 1. The number of anilines is 2. The maximum absolute atomic E-state index is 12.8. The number of rotatable bonds is 3. The van der Waals surface area contributed by atoms with Gasteiger partial charge in [-0.1, -0.05) is 24.3 Å². The predicted octanol–water partition coefficient (Wildman–Crippen LogP) is 3.76. The number of hydrogen-bond acceptors (Lipinski definition) is 4. The summed E-state index contributed by atoms with van der Waals surface area (Å²) in [5, 5.41) is 3.23. The molecule has 0 saturated heterocycles. The van der Waals surface area contributed by atoms with Gasteiger partial charge in [-0.3, -0.25) is 9.69 Å². The smallest absolute Gasteiger partial charge is 0.262 e. The van der Waals surface area contributed by atoms with E-state index in [1.165, 1.54) is 0 Å². The molecule has 0 spiro atoms. The van der Waals surface area contributed by atoms with E-state index in [2.05, 4.69) is 17.9 Å². The quantitative estimate of drug-likeness (QED) is 0.848. The summed E-state index contributed by atoms with van der Waals surface area (Å²) < 4.78 is 5.83. The fraction of sp³-hybridized carbons (Fsp3) is 0.235. The molecule has 0 fully saturated rings. The van der Waals surface area contributed by atoms with Crippen molar-refractivity contribution >= 4 is 29.9 Å². The highest BCUT2D eigenvalue weighted by Gasteiger charge is 2.32. The molecule has 0 aromatic heterocycles. The van der Waals surface area contributed by atoms with Crippen molar-refractivity contribution in [3.8, 4) is 5.75 Å². The number of thiol groups is 1. The van der Waals surface area contributed by atoms with E-state index in [-0.39, 0.29) is 12.0 Å². The number of ether oxygens (including phenoxy) is 1. The number of fused-ring (bicyclic) bond motifs is 1. The first kappa shape index (κ1) is 14.8. The Morgan fingerprint density at radius 1 is 1.14 bits per heavy atom. The Bertz CT molecular complexity index is 703. The van der Waals surface area contributed by atoms with E-state index in [1.807, 2.05) is 62.4 Å². The van der Waals surface area contributed by atoms with Crippen LogP contribution >= 0.6 is 12.6 Å². The molecule has 0 bridgehead atoms. The van der Waals surface area contributed by atoms with E-state index in [4.69, 9.17) is 4.74 Å². The molecule has 2 aromatic rings. The monoisotopic (exact) mass is 314 g/mol. The van der Waals surface area contributed by atoms with E-state index in [1.54, 1.807) is 4.90 Å². The predicted molar refractivity (Wildman–Crippen MR) is 91.9 cm³/mol. The van der Waals surface area contributed by atoms with Crippen LogP contribution in [0.15, 0.2) is 48.5 Å². The Labute approximate surface area is 135 Å². The molecule has 0 aliphatic carbocycles. The van der Waals surface area contributed by atoms with Crippen LogP contribution in [0.5, 0.6) is 5.75 Å². The summed E-state index contributed by atoms with van der Waals surface area (Å²) in [6, 6.07) is 14.9. The average molecular weight is 314 g/mol. The largest absolute Gasteiger partial charge is 0.489 e. The second-order valence-electron chi connectivity index (χ2n) is 5.37. The fourth-order valence-electron chi connectivity index (χ4n) is 2.49. The summed E-state index contributed by atoms with van der Waals surface area (Å²) in [7, 11) is 0. The van der Waals surface area contributed by atoms with Crippen LogP contribution in [0.1, 0.15) is 24.2 Å². The lowest BCUT2D eigenvalue weighted by Gasteiger charge is -2.36. The minimum Gasteiger partial charge on any atom is -0.489 e. The van der Waals surface area contributed by atoms with Crippen LogP contribution in [-0.4, -0.2) is 17.5 Å². The summed E-state index contributed by atoms with van der Waals surface area (Å²) in [6.45, 7) is 3.92. The maximum Gasteiger partial charge on any atom is 0.262 e. The molecule has 1 unspecified atom stereocenters. The van der Waals surface area contributed by atoms with Crippen molar-refractivity contribution in [1.82, 2.24) is 0 Å². The molecule has 1 N–H and O–H groups in total. The van der Waals surface area contributed by atoms with Crippen LogP contribution in [-0.2, 0) is 0 Å². The van der Waals surface area contributed by atoms with E-state index in [0.717, 1.165) is 5.69 Å². The van der Waals surface area contributed by atoms with Gasteiger partial charge in [0, 0.05) is 5.69 Å². The van der Waals surface area contributed by atoms with Crippen LogP contribution in [0.2, 0.25) is 0 Å². The molecule has 1 amide bonds. The zero-order valence-corrected chi connectivity index (χ0v) is 13.4. The first-order valence-corrected chi connectivity index (χ1v) is 7.72. The summed E-state index contributed by atoms with van der Waals surface area (Å²) in [4.78, 5) is 14.5. The van der Waals surface area contributed by atoms with Crippen molar-refractivity contribution in [1.29, 1.82) is 0 Å². The van der Waals surface area contributed by atoms with Crippen LogP contribution in [0.25, 0.3) is 0 Å². The van der Waals surface area contributed by atoms with Crippen molar-refractivity contribution in [3.63, 3.8) is 0 Å². The number of nitrogens with one attached hydrogen (secondary N) is 1. The van der Waals surface area contributed by atoms with Gasteiger partial charge in [-0.2, -0.15) is 0 Å². The highest BCUT2D eigenvalue weighted by molar-refractivity contribution is 7.81. The first-order valence-electron chi connectivity index (χ1n) is 7.21. The SMILES string of the molecule is CC(C)Oc1ccccc1N1C(=O)c2ccccc2NC1S. The molecule has 22 heavy (non-hydrogen) atoms. The van der Waals surface area contributed by atoms with Crippen LogP contribution in [0.3, 0.4) is 0 Å². The second kappa shape index (κ2) is 5.93. The number of hydrogen-bond donors (Lipinski definition) is 2. The Morgan fingerprint density at radius 3 is 2.59 bits per heavy atom. The zero-order valence-electron chi connectivity index (χ0n) is 12.5. The molecule has 5 heteroatoms. The average Bonchev–Trinajstić information content (AvgIpc) is 2.48. The van der Waals surface area contributed by atoms with Crippen LogP contribution in [0, 0.1) is 0 Å². The molecule has 0 radical (unpaired) electrons. The van der Waals surface area contributed by atoms with Gasteiger partial charge in [0.2, 0.25) is 0 Å². The minimum absolute atomic E-state index is 0.0275. The minimum atomic E-state index is -0.445. The van der Waals surface area contributed by atoms with Crippen LogP contribution in [0.4, 0.5) is 11.4 Å². The number of carbonyl (C=O) groups excluding carboxylic acids is 1. The van der Waals surface area contributed by atoms with Crippen LogP contribution < -0.4 is 15.0 Å². The van der Waals surface area contributed by atoms with E-state index >= 15 is 0 Å². The maximum atomic E-state index is 12.8. The summed E-state index contributed by atoms with van der Waals surface area (Å²) in [5.74, 6) is 0.584. The van der Waals surface area contributed by atoms with Crippen molar-refractivity contribution in [2.24, 2.45) is 0 Å². The van der Waals surface area contributed by atoms with Gasteiger partial charge in [0.25, 0.3) is 5.91 Å². The number of carbonyl (C=O) groups is 1. The summed E-state index contributed by atoms with van der Waals surface area (Å²) >= 11 is 4.53. The van der Waals surface area contributed by atoms with Gasteiger partial charge in [-0.05, 0) is 38.1 Å². The van der Waals surface area contributed by atoms with Gasteiger partial charge in [0.05, 0.1) is 17.4 Å². The molecule has 2 aromatic carbocycles. The molecule has 1 heterocycles. The molecule has 3 rings (SSSR count). The van der Waals surface area contributed by atoms with Gasteiger partial charge in [-0.15, -0.1) is 12.6 Å². The number of para-hydroxylation sites is 3. The summed E-state index contributed by atoms with van der Waals surface area (Å²) in [5.41, 5.74) is 1.70. The van der Waals surface area contributed by atoms with Gasteiger partial charge in [0.15, 0.2) is 5.50 Å². The molecule has 4 nitrogen and oxygen atoms in total. The topological polar surface area (TPSA) is 41.6 Å². The molecule has 0 saturated carbocycles. The molecule has 1 atom stereocenters. The van der Waals surface area contributed by atoms with Gasteiger partial charge >= 0.3 is 0 Å². The Morgan fingerprint density at radius 2 is 1.82 bits per heavy atom. The molecule has 1 aliphatic heterocycles. The number of benzene rings is 2. The van der Waals surface area contributed by atoms with Crippen molar-refractivity contribution in [2.75, 3.05) is 10.2 Å². The van der Waals surface area contributed by atoms with Gasteiger partial charge < -0.3 is 10.1 Å². The van der Waals surface area contributed by atoms with E-state index in [9.17, 15) is 4.79 Å². The third kappa shape index (κ3) is 2.64. The highest BCUT2D eigenvalue weighted by atomic mass is 32.1. The Balaban J connectivity index is 2.04. The lowest BCUT2D eigenvalue weighted by molar-refractivity contribution is 0.0982. The summed E-state index contributed by atoms with van der Waals surface area (Å²) in [6.07, 6.45) is 0.0275. The van der Waals surface area contributed by atoms with Gasteiger partial charge in [0.1, 0.15) is 5.75 Å². The zero-order chi connectivity index (χ0) is 15.7. The third-order valence-corrected chi connectivity index (χ3v) is 3.75. The van der Waals surface area contributed by atoms with Crippen molar-refractivity contribution in [2.45, 2.75) is 25.4 Å². The molecule has 1 aliphatic rings. The van der Waals surface area contributed by atoms with Crippen molar-refractivity contribution in [3.05, 3.63) is 54.1 Å².